The lowest BCUT2D eigenvalue weighted by molar-refractivity contribution is 0.402. The third-order valence-electron chi connectivity index (χ3n) is 2.13. The zero-order valence-corrected chi connectivity index (χ0v) is 12.0. The van der Waals surface area contributed by atoms with Crippen molar-refractivity contribution in [3.05, 3.63) is 22.7 Å². The molecular formula is C10H15BrN2O3S. The molecule has 17 heavy (non-hydrogen) atoms. The van der Waals surface area contributed by atoms with Crippen LogP contribution in [0.5, 0.6) is 5.75 Å². The van der Waals surface area contributed by atoms with Gasteiger partial charge in [-0.2, -0.15) is 0 Å². The standard InChI is InChI=1S/C10H15BrN2O3S/c1-7(6-12)13-17(14,15)10-5-8(11)3-4-9(10)16-2/h3-5,7,13H,6,12H2,1-2H3. The van der Waals surface area contributed by atoms with Crippen LogP contribution in [0.25, 0.3) is 0 Å². The molecule has 1 aromatic carbocycles. The van der Waals surface area contributed by atoms with E-state index in [0.717, 1.165) is 0 Å². The molecule has 1 aromatic rings. The topological polar surface area (TPSA) is 81.4 Å². The summed E-state index contributed by atoms with van der Waals surface area (Å²) in [6, 6.07) is 4.46. The summed E-state index contributed by atoms with van der Waals surface area (Å²) in [6.45, 7) is 1.93. The monoisotopic (exact) mass is 322 g/mol. The molecule has 0 radical (unpaired) electrons. The van der Waals surface area contributed by atoms with Crippen LogP contribution < -0.4 is 15.2 Å². The molecule has 0 saturated carbocycles. The number of hydrogen-bond acceptors (Lipinski definition) is 4. The highest BCUT2D eigenvalue weighted by Gasteiger charge is 2.21. The summed E-state index contributed by atoms with van der Waals surface area (Å²) in [4.78, 5) is 0.0923. The van der Waals surface area contributed by atoms with E-state index >= 15 is 0 Å². The molecule has 0 aliphatic heterocycles. The minimum Gasteiger partial charge on any atom is -0.495 e. The maximum Gasteiger partial charge on any atom is 0.244 e. The van der Waals surface area contributed by atoms with Gasteiger partial charge in [0, 0.05) is 17.1 Å². The van der Waals surface area contributed by atoms with Gasteiger partial charge in [-0.25, -0.2) is 13.1 Å². The van der Waals surface area contributed by atoms with Crippen LogP contribution >= 0.6 is 15.9 Å². The van der Waals surface area contributed by atoms with Gasteiger partial charge >= 0.3 is 0 Å². The second kappa shape index (κ2) is 5.81. The Labute approximate surface area is 110 Å². The molecule has 0 aliphatic rings. The summed E-state index contributed by atoms with van der Waals surface area (Å²) in [5.74, 6) is 0.296. The van der Waals surface area contributed by atoms with Crippen molar-refractivity contribution in [3.63, 3.8) is 0 Å². The smallest absolute Gasteiger partial charge is 0.244 e. The van der Waals surface area contributed by atoms with E-state index in [4.69, 9.17) is 10.5 Å². The molecule has 1 unspecified atom stereocenters. The molecular weight excluding hydrogens is 308 g/mol. The van der Waals surface area contributed by atoms with E-state index in [9.17, 15) is 8.42 Å². The van der Waals surface area contributed by atoms with Gasteiger partial charge in [-0.3, -0.25) is 0 Å². The van der Waals surface area contributed by atoms with Crippen LogP contribution in [-0.2, 0) is 10.0 Å². The van der Waals surface area contributed by atoms with E-state index in [1.807, 2.05) is 0 Å². The normalized spacial score (nSPS) is 13.4. The molecule has 0 bridgehead atoms. The molecule has 3 N–H and O–H groups in total. The largest absolute Gasteiger partial charge is 0.495 e. The molecule has 0 aliphatic carbocycles. The molecule has 0 amide bonds. The lowest BCUT2D eigenvalue weighted by Crippen LogP contribution is -2.37. The van der Waals surface area contributed by atoms with Gasteiger partial charge in [0.05, 0.1) is 7.11 Å². The van der Waals surface area contributed by atoms with Crippen molar-refractivity contribution in [1.82, 2.24) is 4.72 Å². The summed E-state index contributed by atoms with van der Waals surface area (Å²) < 4.78 is 32.3. The number of nitrogens with two attached hydrogens (primary N) is 1. The van der Waals surface area contributed by atoms with Gasteiger partial charge in [-0.05, 0) is 25.1 Å². The van der Waals surface area contributed by atoms with Gasteiger partial charge in [0.2, 0.25) is 10.0 Å². The summed E-state index contributed by atoms with van der Waals surface area (Å²) in [5, 5.41) is 0. The highest BCUT2D eigenvalue weighted by molar-refractivity contribution is 9.10. The Bertz CT molecular complexity index is 490. The molecule has 1 rings (SSSR count). The van der Waals surface area contributed by atoms with E-state index in [1.54, 1.807) is 19.1 Å². The first kappa shape index (κ1) is 14.4. The minimum atomic E-state index is -3.62. The number of benzene rings is 1. The summed E-state index contributed by atoms with van der Waals surface area (Å²) >= 11 is 3.23. The highest BCUT2D eigenvalue weighted by Crippen LogP contribution is 2.27. The van der Waals surface area contributed by atoms with Crippen LogP contribution in [-0.4, -0.2) is 28.1 Å². The second-order valence-corrected chi connectivity index (χ2v) is 6.15. The predicted molar refractivity (Wildman–Crippen MR) is 69.5 cm³/mol. The molecule has 0 spiro atoms. The van der Waals surface area contributed by atoms with Crippen molar-refractivity contribution in [2.75, 3.05) is 13.7 Å². The number of halogens is 1. The molecule has 0 heterocycles. The molecule has 0 saturated heterocycles. The van der Waals surface area contributed by atoms with Crippen molar-refractivity contribution < 1.29 is 13.2 Å². The Morgan fingerprint density at radius 2 is 2.18 bits per heavy atom. The number of hydrogen-bond donors (Lipinski definition) is 2. The SMILES string of the molecule is COc1ccc(Br)cc1S(=O)(=O)NC(C)CN. The van der Waals surface area contributed by atoms with Crippen molar-refractivity contribution in [2.24, 2.45) is 5.73 Å². The van der Waals surface area contributed by atoms with Gasteiger partial charge in [-0.1, -0.05) is 15.9 Å². The first-order valence-electron chi connectivity index (χ1n) is 4.96. The number of methoxy groups -OCH3 is 1. The number of rotatable bonds is 5. The molecule has 0 aromatic heterocycles. The van der Waals surface area contributed by atoms with Crippen molar-refractivity contribution in [3.8, 4) is 5.75 Å². The lowest BCUT2D eigenvalue weighted by Gasteiger charge is -2.14. The summed E-state index contributed by atoms with van der Waals surface area (Å²) in [5.41, 5.74) is 5.39. The van der Waals surface area contributed by atoms with E-state index in [2.05, 4.69) is 20.7 Å². The van der Waals surface area contributed by atoms with E-state index in [-0.39, 0.29) is 17.5 Å². The Morgan fingerprint density at radius 1 is 1.53 bits per heavy atom. The fourth-order valence-electron chi connectivity index (χ4n) is 1.24. The maximum atomic E-state index is 12.1. The highest BCUT2D eigenvalue weighted by atomic mass is 79.9. The fourth-order valence-corrected chi connectivity index (χ4v) is 3.20. The summed E-state index contributed by atoms with van der Waals surface area (Å²) in [6.07, 6.45) is 0. The van der Waals surface area contributed by atoms with Crippen LogP contribution in [0.4, 0.5) is 0 Å². The molecule has 7 heteroatoms. The van der Waals surface area contributed by atoms with Gasteiger partial charge in [0.15, 0.2) is 0 Å². The van der Waals surface area contributed by atoms with Crippen LogP contribution in [0.3, 0.4) is 0 Å². The Kier molecular flexibility index (Phi) is 4.93. The van der Waals surface area contributed by atoms with Crippen LogP contribution in [0.2, 0.25) is 0 Å². The van der Waals surface area contributed by atoms with Crippen LogP contribution in [0.1, 0.15) is 6.92 Å². The van der Waals surface area contributed by atoms with Crippen molar-refractivity contribution >= 4 is 26.0 Å². The second-order valence-electron chi connectivity index (χ2n) is 3.55. The number of ether oxygens (including phenoxy) is 1. The Morgan fingerprint density at radius 3 is 2.71 bits per heavy atom. The third-order valence-corrected chi connectivity index (χ3v) is 4.23. The zero-order valence-electron chi connectivity index (χ0n) is 9.60. The van der Waals surface area contributed by atoms with Crippen LogP contribution in [0, 0.1) is 0 Å². The van der Waals surface area contributed by atoms with E-state index in [1.165, 1.54) is 13.2 Å². The van der Waals surface area contributed by atoms with Crippen LogP contribution in [0.15, 0.2) is 27.6 Å². The summed E-state index contributed by atoms with van der Waals surface area (Å²) in [7, 11) is -2.20. The maximum absolute atomic E-state index is 12.1. The lowest BCUT2D eigenvalue weighted by atomic mass is 10.3. The van der Waals surface area contributed by atoms with Gasteiger partial charge in [0.25, 0.3) is 0 Å². The van der Waals surface area contributed by atoms with E-state index in [0.29, 0.717) is 10.2 Å². The van der Waals surface area contributed by atoms with E-state index < -0.39 is 10.0 Å². The molecule has 96 valence electrons. The predicted octanol–water partition coefficient (Wildman–Crippen LogP) is 1.08. The first-order valence-corrected chi connectivity index (χ1v) is 7.24. The Balaban J connectivity index is 3.18. The molecule has 1 atom stereocenters. The third kappa shape index (κ3) is 3.67. The first-order chi connectivity index (χ1) is 7.90. The average Bonchev–Trinajstić information content (AvgIpc) is 2.28. The Hall–Kier alpha value is -0.630. The van der Waals surface area contributed by atoms with Gasteiger partial charge < -0.3 is 10.5 Å². The number of sulfonamides is 1. The molecule has 0 fully saturated rings. The van der Waals surface area contributed by atoms with Gasteiger partial charge in [-0.15, -0.1) is 0 Å². The van der Waals surface area contributed by atoms with Gasteiger partial charge in [0.1, 0.15) is 10.6 Å². The van der Waals surface area contributed by atoms with Crippen molar-refractivity contribution in [2.45, 2.75) is 17.9 Å². The van der Waals surface area contributed by atoms with Crippen molar-refractivity contribution in [1.29, 1.82) is 0 Å². The fraction of sp³-hybridized carbons (Fsp3) is 0.400. The average molecular weight is 323 g/mol. The number of nitrogens with one attached hydrogen (secondary N) is 1. The quantitative estimate of drug-likeness (QED) is 0.850. The minimum absolute atomic E-state index is 0.0923. The molecule has 5 nitrogen and oxygen atoms in total. The zero-order chi connectivity index (χ0) is 13.1.